The zero-order valence-electron chi connectivity index (χ0n) is 11.6. The van der Waals surface area contributed by atoms with E-state index in [0.717, 1.165) is 17.0 Å². The van der Waals surface area contributed by atoms with Crippen LogP contribution < -0.4 is 4.90 Å². The minimum Gasteiger partial charge on any atom is -0.373 e. The Bertz CT molecular complexity index is 692. The molecule has 3 fully saturated rings. The van der Waals surface area contributed by atoms with E-state index in [1.807, 2.05) is 0 Å². The van der Waals surface area contributed by atoms with Crippen LogP contribution in [-0.4, -0.2) is 24.0 Å². The third-order valence-corrected chi connectivity index (χ3v) is 5.13. The Morgan fingerprint density at radius 2 is 1.65 bits per heavy atom. The fourth-order valence-corrected chi connectivity index (χ4v) is 4.06. The molecule has 4 rings (SSSR count). The maximum absolute atomic E-state index is 13.0. The highest BCUT2D eigenvalue weighted by molar-refractivity contribution is 6.31. The zero-order valence-corrected chi connectivity index (χ0v) is 12.4. The largest absolute Gasteiger partial charge is 0.417 e. The number of nitrogens with zero attached hydrogens (tertiary/aromatic N) is 1. The number of amides is 2. The topological polar surface area (TPSA) is 46.6 Å². The molecule has 4 atom stereocenters. The molecule has 0 aromatic heterocycles. The van der Waals surface area contributed by atoms with Gasteiger partial charge in [0.25, 0.3) is 0 Å². The summed E-state index contributed by atoms with van der Waals surface area (Å²) in [5.74, 6) is -2.12. The molecule has 0 spiro atoms. The average Bonchev–Trinajstić information content (AvgIpc) is 3.13. The molecular formula is C15H11ClF3NO3. The fourth-order valence-electron chi connectivity index (χ4n) is 3.84. The Kier molecular flexibility index (Phi) is 3.06. The van der Waals surface area contributed by atoms with Crippen molar-refractivity contribution in [2.45, 2.75) is 31.2 Å². The van der Waals surface area contributed by atoms with Gasteiger partial charge in [-0.05, 0) is 31.0 Å². The van der Waals surface area contributed by atoms with E-state index in [-0.39, 0.29) is 17.9 Å². The molecule has 3 saturated heterocycles. The second kappa shape index (κ2) is 4.70. The summed E-state index contributed by atoms with van der Waals surface area (Å²) in [6.45, 7) is 0. The minimum absolute atomic E-state index is 0.0921. The van der Waals surface area contributed by atoms with Gasteiger partial charge >= 0.3 is 6.18 Å². The summed E-state index contributed by atoms with van der Waals surface area (Å²) in [4.78, 5) is 25.9. The second-order valence-electron chi connectivity index (χ2n) is 6.02. The monoisotopic (exact) mass is 345 g/mol. The molecule has 0 N–H and O–H groups in total. The average molecular weight is 346 g/mol. The van der Waals surface area contributed by atoms with Crippen molar-refractivity contribution in [1.82, 2.24) is 0 Å². The number of carbonyl (C=O) groups excluding carboxylic acids is 2. The maximum atomic E-state index is 13.0. The highest BCUT2D eigenvalue weighted by atomic mass is 35.5. The van der Waals surface area contributed by atoms with Gasteiger partial charge in [0.05, 0.1) is 40.3 Å². The maximum Gasteiger partial charge on any atom is 0.417 e. The lowest BCUT2D eigenvalue weighted by atomic mass is 9.81. The van der Waals surface area contributed by atoms with Crippen molar-refractivity contribution in [2.75, 3.05) is 4.90 Å². The van der Waals surface area contributed by atoms with Crippen molar-refractivity contribution >= 4 is 29.1 Å². The van der Waals surface area contributed by atoms with E-state index >= 15 is 0 Å². The third-order valence-electron chi connectivity index (χ3n) is 4.80. The lowest BCUT2D eigenvalue weighted by molar-refractivity contribution is -0.137. The van der Waals surface area contributed by atoms with Gasteiger partial charge < -0.3 is 4.74 Å². The van der Waals surface area contributed by atoms with Gasteiger partial charge in [0, 0.05) is 0 Å². The number of carbonyl (C=O) groups is 2. The van der Waals surface area contributed by atoms with Gasteiger partial charge in [-0.3, -0.25) is 9.59 Å². The number of fused-ring (bicyclic) bond motifs is 5. The van der Waals surface area contributed by atoms with Crippen LogP contribution in [0.5, 0.6) is 0 Å². The van der Waals surface area contributed by atoms with E-state index in [9.17, 15) is 22.8 Å². The molecule has 2 bridgehead atoms. The minimum atomic E-state index is -4.66. The van der Waals surface area contributed by atoms with Gasteiger partial charge in [-0.15, -0.1) is 0 Å². The molecule has 23 heavy (non-hydrogen) atoms. The highest BCUT2D eigenvalue weighted by Gasteiger charge is 2.62. The molecule has 1 aromatic rings. The number of rotatable bonds is 1. The first kappa shape index (κ1) is 15.0. The lowest BCUT2D eigenvalue weighted by Crippen LogP contribution is -2.34. The molecule has 2 unspecified atom stereocenters. The SMILES string of the molecule is O=C1[C@@H]2C3CCC(O3)[C@@H]2C(=O)N1c1ccc(Cl)c(C(F)(F)F)c1. The van der Waals surface area contributed by atoms with Crippen LogP contribution in [0.25, 0.3) is 0 Å². The van der Waals surface area contributed by atoms with Gasteiger partial charge in [0.1, 0.15) is 0 Å². The zero-order chi connectivity index (χ0) is 16.5. The van der Waals surface area contributed by atoms with Crippen molar-refractivity contribution < 1.29 is 27.5 Å². The van der Waals surface area contributed by atoms with Gasteiger partial charge in [-0.25, -0.2) is 4.90 Å². The number of benzene rings is 1. The Morgan fingerprint density at radius 3 is 2.17 bits per heavy atom. The normalized spacial score (nSPS) is 32.8. The quantitative estimate of drug-likeness (QED) is 0.735. The second-order valence-corrected chi connectivity index (χ2v) is 6.42. The number of alkyl halides is 3. The summed E-state index contributed by atoms with van der Waals surface area (Å²) in [6, 6.07) is 3.07. The van der Waals surface area contributed by atoms with Crippen LogP contribution in [0.1, 0.15) is 18.4 Å². The van der Waals surface area contributed by atoms with E-state index in [4.69, 9.17) is 16.3 Å². The van der Waals surface area contributed by atoms with Crippen LogP contribution in [-0.2, 0) is 20.5 Å². The summed E-state index contributed by atoms with van der Waals surface area (Å²) < 4.78 is 44.5. The van der Waals surface area contributed by atoms with Crippen LogP contribution in [0, 0.1) is 11.8 Å². The number of halogens is 4. The first-order valence-electron chi connectivity index (χ1n) is 7.19. The predicted molar refractivity (Wildman–Crippen MR) is 73.8 cm³/mol. The Morgan fingerprint density at radius 1 is 1.09 bits per heavy atom. The van der Waals surface area contributed by atoms with Gasteiger partial charge in [-0.1, -0.05) is 11.6 Å². The Hall–Kier alpha value is -1.60. The number of hydrogen-bond acceptors (Lipinski definition) is 3. The van der Waals surface area contributed by atoms with E-state index in [1.54, 1.807) is 0 Å². The van der Waals surface area contributed by atoms with Gasteiger partial charge in [0.15, 0.2) is 0 Å². The molecule has 1 aromatic carbocycles. The predicted octanol–water partition coefficient (Wildman–Crippen LogP) is 3.03. The molecular weight excluding hydrogens is 335 g/mol. The van der Waals surface area contributed by atoms with Gasteiger partial charge in [-0.2, -0.15) is 13.2 Å². The molecule has 3 aliphatic heterocycles. The summed E-state index contributed by atoms with van der Waals surface area (Å²) in [5, 5.41) is -0.469. The molecule has 3 heterocycles. The number of hydrogen-bond donors (Lipinski definition) is 0. The van der Waals surface area contributed by atoms with Crippen molar-refractivity contribution in [2.24, 2.45) is 11.8 Å². The molecule has 8 heteroatoms. The van der Waals surface area contributed by atoms with Crippen molar-refractivity contribution in [1.29, 1.82) is 0 Å². The highest BCUT2D eigenvalue weighted by Crippen LogP contribution is 2.49. The summed E-state index contributed by atoms with van der Waals surface area (Å²) >= 11 is 5.58. The molecule has 2 amide bonds. The summed E-state index contributed by atoms with van der Waals surface area (Å²) in [6.07, 6.45) is -3.86. The first-order valence-corrected chi connectivity index (χ1v) is 7.57. The fraction of sp³-hybridized carbons (Fsp3) is 0.467. The Labute approximate surface area is 134 Å². The van der Waals surface area contributed by atoms with Crippen LogP contribution in [0.15, 0.2) is 18.2 Å². The number of anilines is 1. The molecule has 122 valence electrons. The number of ether oxygens (including phenoxy) is 1. The van der Waals surface area contributed by atoms with Gasteiger partial charge in [0.2, 0.25) is 11.8 Å². The first-order chi connectivity index (χ1) is 10.8. The number of imide groups is 1. The lowest BCUT2D eigenvalue weighted by Gasteiger charge is -2.19. The summed E-state index contributed by atoms with van der Waals surface area (Å²) in [5.41, 5.74) is -1.15. The van der Waals surface area contributed by atoms with Crippen molar-refractivity contribution in [3.63, 3.8) is 0 Å². The van der Waals surface area contributed by atoms with E-state index in [2.05, 4.69) is 0 Å². The summed E-state index contributed by atoms with van der Waals surface area (Å²) in [7, 11) is 0. The van der Waals surface area contributed by atoms with E-state index in [0.29, 0.717) is 12.8 Å². The smallest absolute Gasteiger partial charge is 0.373 e. The molecule has 3 aliphatic rings. The van der Waals surface area contributed by atoms with Crippen LogP contribution >= 0.6 is 11.6 Å². The van der Waals surface area contributed by atoms with Crippen molar-refractivity contribution in [3.8, 4) is 0 Å². The van der Waals surface area contributed by atoms with Crippen LogP contribution in [0.4, 0.5) is 18.9 Å². The Balaban J connectivity index is 1.74. The third kappa shape index (κ3) is 2.03. The molecule has 0 radical (unpaired) electrons. The van der Waals surface area contributed by atoms with E-state index in [1.165, 1.54) is 6.07 Å². The van der Waals surface area contributed by atoms with Crippen molar-refractivity contribution in [3.05, 3.63) is 28.8 Å². The van der Waals surface area contributed by atoms with Crippen LogP contribution in [0.2, 0.25) is 5.02 Å². The molecule has 0 aliphatic carbocycles. The van der Waals surface area contributed by atoms with Crippen LogP contribution in [0.3, 0.4) is 0 Å². The standard InChI is InChI=1S/C15H11ClF3NO3/c16-8-2-1-6(5-7(8)15(17,18)19)20-13(21)11-9-3-4-10(23-9)12(11)14(20)22/h1-2,5,9-12H,3-4H2/t9?,10?,11-,12+. The molecule has 4 nitrogen and oxygen atoms in total. The molecule has 0 saturated carbocycles. The van der Waals surface area contributed by atoms with E-state index < -0.39 is 40.4 Å².